The Bertz CT molecular complexity index is 477. The Morgan fingerprint density at radius 1 is 1.26 bits per heavy atom. The van der Waals surface area contributed by atoms with Crippen LogP contribution >= 0.6 is 0 Å². The quantitative estimate of drug-likeness (QED) is 0.885. The average Bonchev–Trinajstić information content (AvgIpc) is 2.95. The molecule has 0 bridgehead atoms. The van der Waals surface area contributed by atoms with Crippen molar-refractivity contribution >= 4 is 0 Å². The van der Waals surface area contributed by atoms with Crippen molar-refractivity contribution in [3.63, 3.8) is 0 Å². The summed E-state index contributed by atoms with van der Waals surface area (Å²) in [5.74, 6) is -0.139. The van der Waals surface area contributed by atoms with Crippen molar-refractivity contribution in [2.45, 2.75) is 25.9 Å². The SMILES string of the molecule is CC(c1ccc(F)c(F)c1)N1CC2CNCC2C1C. The van der Waals surface area contributed by atoms with Gasteiger partial charge in [-0.3, -0.25) is 4.90 Å². The Balaban J connectivity index is 1.80. The number of fused-ring (bicyclic) bond motifs is 1. The fourth-order valence-electron chi connectivity index (χ4n) is 3.68. The van der Waals surface area contributed by atoms with Crippen molar-refractivity contribution in [2.24, 2.45) is 11.8 Å². The molecule has 0 amide bonds. The van der Waals surface area contributed by atoms with Crippen LogP contribution in [0.3, 0.4) is 0 Å². The fourth-order valence-corrected chi connectivity index (χ4v) is 3.68. The minimum Gasteiger partial charge on any atom is -0.316 e. The molecule has 2 saturated heterocycles. The number of likely N-dealkylation sites (tertiary alicyclic amines) is 1. The average molecular weight is 266 g/mol. The highest BCUT2D eigenvalue weighted by atomic mass is 19.2. The van der Waals surface area contributed by atoms with Gasteiger partial charge in [-0.1, -0.05) is 6.07 Å². The van der Waals surface area contributed by atoms with E-state index in [2.05, 4.69) is 24.1 Å². The van der Waals surface area contributed by atoms with Gasteiger partial charge >= 0.3 is 0 Å². The number of rotatable bonds is 2. The van der Waals surface area contributed by atoms with Crippen molar-refractivity contribution in [1.82, 2.24) is 10.2 Å². The molecule has 2 aliphatic heterocycles. The summed E-state index contributed by atoms with van der Waals surface area (Å²) in [5.41, 5.74) is 0.860. The summed E-state index contributed by atoms with van der Waals surface area (Å²) in [6.45, 7) is 7.52. The van der Waals surface area contributed by atoms with Gasteiger partial charge in [-0.2, -0.15) is 0 Å². The van der Waals surface area contributed by atoms with Gasteiger partial charge in [-0.05, 0) is 56.5 Å². The van der Waals surface area contributed by atoms with E-state index in [-0.39, 0.29) is 6.04 Å². The first-order valence-electron chi connectivity index (χ1n) is 6.99. The van der Waals surface area contributed by atoms with Crippen LogP contribution in [0.5, 0.6) is 0 Å². The molecule has 104 valence electrons. The molecule has 3 rings (SSSR count). The first kappa shape index (κ1) is 13.0. The van der Waals surface area contributed by atoms with E-state index in [0.717, 1.165) is 25.2 Å². The molecule has 1 aromatic carbocycles. The second kappa shape index (κ2) is 4.84. The van der Waals surface area contributed by atoms with Crippen LogP contribution in [-0.2, 0) is 0 Å². The van der Waals surface area contributed by atoms with Crippen LogP contribution in [-0.4, -0.2) is 30.6 Å². The van der Waals surface area contributed by atoms with E-state index in [1.165, 1.54) is 12.1 Å². The van der Waals surface area contributed by atoms with Crippen molar-refractivity contribution in [2.75, 3.05) is 19.6 Å². The monoisotopic (exact) mass is 266 g/mol. The zero-order valence-corrected chi connectivity index (χ0v) is 11.4. The topological polar surface area (TPSA) is 15.3 Å². The molecular formula is C15H20F2N2. The highest BCUT2D eigenvalue weighted by molar-refractivity contribution is 5.21. The Hall–Kier alpha value is -1.00. The third-order valence-corrected chi connectivity index (χ3v) is 4.90. The van der Waals surface area contributed by atoms with E-state index in [1.54, 1.807) is 6.07 Å². The van der Waals surface area contributed by atoms with Gasteiger partial charge < -0.3 is 5.32 Å². The van der Waals surface area contributed by atoms with Crippen LogP contribution in [0.15, 0.2) is 18.2 Å². The van der Waals surface area contributed by atoms with E-state index in [0.29, 0.717) is 17.9 Å². The highest BCUT2D eigenvalue weighted by Gasteiger charge is 2.43. The Kier molecular flexibility index (Phi) is 3.31. The van der Waals surface area contributed by atoms with Gasteiger partial charge in [0, 0.05) is 18.6 Å². The van der Waals surface area contributed by atoms with Crippen LogP contribution in [0.4, 0.5) is 8.78 Å². The van der Waals surface area contributed by atoms with E-state index in [9.17, 15) is 8.78 Å². The van der Waals surface area contributed by atoms with Gasteiger partial charge in [0.25, 0.3) is 0 Å². The number of hydrogen-bond acceptors (Lipinski definition) is 2. The summed E-state index contributed by atoms with van der Waals surface area (Å²) in [6.07, 6.45) is 0. The Morgan fingerprint density at radius 2 is 2.05 bits per heavy atom. The fraction of sp³-hybridized carbons (Fsp3) is 0.600. The van der Waals surface area contributed by atoms with Crippen molar-refractivity contribution in [1.29, 1.82) is 0 Å². The summed E-state index contributed by atoms with van der Waals surface area (Å²) in [6, 6.07) is 4.88. The van der Waals surface area contributed by atoms with E-state index in [4.69, 9.17) is 0 Å². The predicted molar refractivity (Wildman–Crippen MR) is 70.8 cm³/mol. The number of nitrogens with one attached hydrogen (secondary N) is 1. The molecule has 2 heterocycles. The van der Waals surface area contributed by atoms with Crippen LogP contribution in [0.25, 0.3) is 0 Å². The molecule has 1 aromatic rings. The number of hydrogen-bond donors (Lipinski definition) is 1. The van der Waals surface area contributed by atoms with Gasteiger partial charge in [0.1, 0.15) is 0 Å². The minimum atomic E-state index is -0.772. The van der Waals surface area contributed by atoms with Crippen molar-refractivity contribution in [3.8, 4) is 0 Å². The molecule has 2 nitrogen and oxygen atoms in total. The number of halogens is 2. The summed E-state index contributed by atoms with van der Waals surface area (Å²) in [4.78, 5) is 2.42. The van der Waals surface area contributed by atoms with Crippen molar-refractivity contribution in [3.05, 3.63) is 35.4 Å². The van der Waals surface area contributed by atoms with Gasteiger partial charge in [0.15, 0.2) is 11.6 Å². The maximum absolute atomic E-state index is 13.4. The molecule has 2 aliphatic rings. The molecular weight excluding hydrogens is 246 g/mol. The molecule has 4 unspecified atom stereocenters. The summed E-state index contributed by atoms with van der Waals surface area (Å²) >= 11 is 0. The molecule has 4 atom stereocenters. The van der Waals surface area contributed by atoms with Gasteiger partial charge in [0.05, 0.1) is 0 Å². The molecule has 0 saturated carbocycles. The molecule has 0 radical (unpaired) electrons. The summed E-state index contributed by atoms with van der Waals surface area (Å²) in [7, 11) is 0. The van der Waals surface area contributed by atoms with Crippen LogP contribution in [0.2, 0.25) is 0 Å². The van der Waals surface area contributed by atoms with E-state index < -0.39 is 11.6 Å². The lowest BCUT2D eigenvalue weighted by Crippen LogP contribution is -2.35. The minimum absolute atomic E-state index is 0.135. The van der Waals surface area contributed by atoms with Crippen LogP contribution in [0.1, 0.15) is 25.5 Å². The molecule has 0 aliphatic carbocycles. The van der Waals surface area contributed by atoms with Gasteiger partial charge in [0.2, 0.25) is 0 Å². The van der Waals surface area contributed by atoms with Gasteiger partial charge in [-0.25, -0.2) is 8.78 Å². The first-order chi connectivity index (χ1) is 9.08. The zero-order valence-electron chi connectivity index (χ0n) is 11.4. The zero-order chi connectivity index (χ0) is 13.6. The summed E-state index contributed by atoms with van der Waals surface area (Å²) in [5, 5.41) is 3.43. The molecule has 0 spiro atoms. The first-order valence-corrected chi connectivity index (χ1v) is 6.99. The molecule has 2 fully saturated rings. The lowest BCUT2D eigenvalue weighted by atomic mass is 9.95. The maximum Gasteiger partial charge on any atom is 0.159 e. The number of benzene rings is 1. The molecule has 1 N–H and O–H groups in total. The number of nitrogens with zero attached hydrogens (tertiary/aromatic N) is 1. The molecule has 0 aromatic heterocycles. The smallest absolute Gasteiger partial charge is 0.159 e. The standard InChI is InChI=1S/C15H20F2N2/c1-9(11-3-4-14(16)15(17)5-11)19-8-12-6-18-7-13(12)10(19)2/h3-5,9-10,12-13,18H,6-8H2,1-2H3. The van der Waals surface area contributed by atoms with Crippen molar-refractivity contribution < 1.29 is 8.78 Å². The predicted octanol–water partition coefficient (Wildman–Crippen LogP) is 2.57. The highest BCUT2D eigenvalue weighted by Crippen LogP contribution is 2.37. The maximum atomic E-state index is 13.4. The largest absolute Gasteiger partial charge is 0.316 e. The third-order valence-electron chi connectivity index (χ3n) is 4.90. The molecule has 4 heteroatoms. The Labute approximate surface area is 112 Å². The van der Waals surface area contributed by atoms with E-state index in [1.807, 2.05) is 0 Å². The summed E-state index contributed by atoms with van der Waals surface area (Å²) < 4.78 is 26.4. The lowest BCUT2D eigenvalue weighted by molar-refractivity contribution is 0.182. The van der Waals surface area contributed by atoms with Crippen LogP contribution in [0, 0.1) is 23.5 Å². The molecule has 19 heavy (non-hydrogen) atoms. The van der Waals surface area contributed by atoms with Crippen LogP contribution < -0.4 is 5.32 Å². The third kappa shape index (κ3) is 2.17. The second-order valence-electron chi connectivity index (χ2n) is 5.87. The van der Waals surface area contributed by atoms with E-state index >= 15 is 0 Å². The lowest BCUT2D eigenvalue weighted by Gasteiger charge is -2.31. The van der Waals surface area contributed by atoms with Gasteiger partial charge in [-0.15, -0.1) is 0 Å². The Morgan fingerprint density at radius 3 is 2.74 bits per heavy atom. The normalized spacial score (nSPS) is 32.5. The second-order valence-corrected chi connectivity index (χ2v) is 5.87.